The van der Waals surface area contributed by atoms with E-state index in [4.69, 9.17) is 4.74 Å². The zero-order valence-electron chi connectivity index (χ0n) is 13.4. The lowest BCUT2D eigenvalue weighted by molar-refractivity contribution is -0.117. The van der Waals surface area contributed by atoms with Gasteiger partial charge < -0.3 is 10.1 Å². The summed E-state index contributed by atoms with van der Waals surface area (Å²) in [6, 6.07) is 5.57. The third-order valence-electron chi connectivity index (χ3n) is 3.56. The molecule has 0 bridgehead atoms. The van der Waals surface area contributed by atoms with Crippen LogP contribution >= 0.6 is 15.9 Å². The number of benzene rings is 1. The van der Waals surface area contributed by atoms with Crippen LogP contribution in [0.4, 0.5) is 10.5 Å². The van der Waals surface area contributed by atoms with Crippen LogP contribution in [0.25, 0.3) is 10.9 Å². The van der Waals surface area contributed by atoms with E-state index in [-0.39, 0.29) is 11.8 Å². The second-order valence-corrected chi connectivity index (χ2v) is 7.73. The standard InChI is InChI=1S/C17H19BrN2O3/c1-17(2,3)23-16(22)20-9-13(19-15(21)10-4-5-10)12-8-11(18)6-7-14(12)20/h6-10H,4-5H2,1-3H3,(H,19,21). The molecule has 122 valence electrons. The first-order chi connectivity index (χ1) is 10.7. The number of carbonyl (C=O) groups excluding carboxylic acids is 2. The molecule has 1 aliphatic carbocycles. The summed E-state index contributed by atoms with van der Waals surface area (Å²) in [7, 11) is 0. The third kappa shape index (κ3) is 3.58. The number of nitrogens with one attached hydrogen (secondary N) is 1. The van der Waals surface area contributed by atoms with Gasteiger partial charge in [0, 0.05) is 22.0 Å². The van der Waals surface area contributed by atoms with Crippen molar-refractivity contribution >= 4 is 44.5 Å². The summed E-state index contributed by atoms with van der Waals surface area (Å²) in [6.07, 6.45) is 3.03. The summed E-state index contributed by atoms with van der Waals surface area (Å²) < 4.78 is 7.76. The number of nitrogens with zero attached hydrogens (tertiary/aromatic N) is 1. The van der Waals surface area contributed by atoms with Crippen molar-refractivity contribution in [2.75, 3.05) is 5.32 Å². The quantitative estimate of drug-likeness (QED) is 0.834. The number of hydrogen-bond donors (Lipinski definition) is 1. The summed E-state index contributed by atoms with van der Waals surface area (Å²) in [4.78, 5) is 24.5. The second-order valence-electron chi connectivity index (χ2n) is 6.82. The van der Waals surface area contributed by atoms with Crippen LogP contribution in [0.3, 0.4) is 0 Å². The van der Waals surface area contributed by atoms with Gasteiger partial charge in [-0.25, -0.2) is 4.79 Å². The Kier molecular flexibility index (Phi) is 3.96. The molecule has 0 aliphatic heterocycles. The molecule has 1 amide bonds. The zero-order chi connectivity index (χ0) is 16.8. The monoisotopic (exact) mass is 378 g/mol. The smallest absolute Gasteiger partial charge is 0.419 e. The molecule has 1 aromatic carbocycles. The summed E-state index contributed by atoms with van der Waals surface area (Å²) >= 11 is 3.43. The summed E-state index contributed by atoms with van der Waals surface area (Å²) in [5.41, 5.74) is 0.748. The predicted octanol–water partition coefficient (Wildman–Crippen LogP) is 4.54. The molecule has 23 heavy (non-hydrogen) atoms. The Labute approximate surface area is 143 Å². The van der Waals surface area contributed by atoms with Crippen LogP contribution in [0.1, 0.15) is 33.6 Å². The highest BCUT2D eigenvalue weighted by Crippen LogP contribution is 2.33. The average molecular weight is 379 g/mol. The number of rotatable bonds is 2. The van der Waals surface area contributed by atoms with E-state index < -0.39 is 11.7 Å². The zero-order valence-corrected chi connectivity index (χ0v) is 14.9. The molecule has 1 saturated carbocycles. The van der Waals surface area contributed by atoms with Gasteiger partial charge in [0.1, 0.15) is 5.60 Å². The Bertz CT molecular complexity index is 785. The molecule has 3 rings (SSSR count). The van der Waals surface area contributed by atoms with E-state index in [9.17, 15) is 9.59 Å². The minimum Gasteiger partial charge on any atom is -0.443 e. The van der Waals surface area contributed by atoms with Crippen molar-refractivity contribution in [3.8, 4) is 0 Å². The molecule has 1 N–H and O–H groups in total. The summed E-state index contributed by atoms with van der Waals surface area (Å²) in [6.45, 7) is 5.47. The fraction of sp³-hybridized carbons (Fsp3) is 0.412. The Morgan fingerprint density at radius 3 is 2.61 bits per heavy atom. The van der Waals surface area contributed by atoms with Crippen molar-refractivity contribution < 1.29 is 14.3 Å². The van der Waals surface area contributed by atoms with Crippen molar-refractivity contribution in [2.24, 2.45) is 5.92 Å². The maximum absolute atomic E-state index is 12.4. The van der Waals surface area contributed by atoms with E-state index >= 15 is 0 Å². The molecule has 0 spiro atoms. The van der Waals surface area contributed by atoms with Gasteiger partial charge in [-0.05, 0) is 51.8 Å². The molecule has 1 fully saturated rings. The molecule has 0 unspecified atom stereocenters. The number of carbonyl (C=O) groups is 2. The van der Waals surface area contributed by atoms with Crippen molar-refractivity contribution in [3.63, 3.8) is 0 Å². The van der Waals surface area contributed by atoms with Crippen LogP contribution < -0.4 is 5.32 Å². The molecule has 0 atom stereocenters. The lowest BCUT2D eigenvalue weighted by atomic mass is 10.2. The number of aromatic nitrogens is 1. The van der Waals surface area contributed by atoms with Crippen molar-refractivity contribution in [1.29, 1.82) is 0 Å². The SMILES string of the molecule is CC(C)(C)OC(=O)n1cc(NC(=O)C2CC2)c2cc(Br)ccc21. The predicted molar refractivity (Wildman–Crippen MR) is 92.6 cm³/mol. The first-order valence-electron chi connectivity index (χ1n) is 7.59. The minimum absolute atomic E-state index is 0.00761. The second kappa shape index (κ2) is 5.67. The first kappa shape index (κ1) is 16.1. The first-order valence-corrected chi connectivity index (χ1v) is 8.39. The molecule has 1 aromatic heterocycles. The number of fused-ring (bicyclic) bond motifs is 1. The average Bonchev–Trinajstić information content (AvgIpc) is 3.21. The third-order valence-corrected chi connectivity index (χ3v) is 4.06. The van der Waals surface area contributed by atoms with Crippen molar-refractivity contribution in [2.45, 2.75) is 39.2 Å². The van der Waals surface area contributed by atoms with Gasteiger partial charge in [-0.1, -0.05) is 15.9 Å². The summed E-state index contributed by atoms with van der Waals surface area (Å²) in [5, 5.41) is 3.73. The van der Waals surface area contributed by atoms with E-state index in [1.54, 1.807) is 6.20 Å². The Balaban J connectivity index is 2.00. The number of hydrogen-bond acceptors (Lipinski definition) is 3. The maximum Gasteiger partial charge on any atom is 0.419 e. The summed E-state index contributed by atoms with van der Waals surface area (Å²) in [5.74, 6) is 0.107. The fourth-order valence-corrected chi connectivity index (χ4v) is 2.71. The van der Waals surface area contributed by atoms with E-state index in [2.05, 4.69) is 21.2 Å². The molecule has 1 heterocycles. The highest BCUT2D eigenvalue weighted by Gasteiger charge is 2.30. The van der Waals surface area contributed by atoms with Gasteiger partial charge in [0.25, 0.3) is 0 Å². The van der Waals surface area contributed by atoms with Gasteiger partial charge in [0.05, 0.1) is 11.2 Å². The van der Waals surface area contributed by atoms with Gasteiger partial charge in [0.2, 0.25) is 5.91 Å². The molecule has 2 aromatic rings. The molecular weight excluding hydrogens is 360 g/mol. The van der Waals surface area contributed by atoms with E-state index in [1.165, 1.54) is 4.57 Å². The molecule has 6 heteroatoms. The number of anilines is 1. The Morgan fingerprint density at radius 1 is 1.30 bits per heavy atom. The topological polar surface area (TPSA) is 60.3 Å². The largest absolute Gasteiger partial charge is 0.443 e. The Hall–Kier alpha value is -1.82. The van der Waals surface area contributed by atoms with Crippen molar-refractivity contribution in [1.82, 2.24) is 4.57 Å². The lowest BCUT2D eigenvalue weighted by Crippen LogP contribution is -2.26. The molecule has 0 radical (unpaired) electrons. The number of halogens is 1. The van der Waals surface area contributed by atoms with Crippen LogP contribution in [-0.4, -0.2) is 22.2 Å². The number of ether oxygens (including phenoxy) is 1. The normalized spacial score (nSPS) is 14.8. The van der Waals surface area contributed by atoms with Crippen LogP contribution in [0.2, 0.25) is 0 Å². The minimum atomic E-state index is -0.583. The van der Waals surface area contributed by atoms with Gasteiger partial charge in [-0.2, -0.15) is 0 Å². The molecule has 0 saturated heterocycles. The van der Waals surface area contributed by atoms with Gasteiger partial charge in [-0.3, -0.25) is 9.36 Å². The molecule has 5 nitrogen and oxygen atoms in total. The van der Waals surface area contributed by atoms with Crippen LogP contribution in [0, 0.1) is 5.92 Å². The lowest BCUT2D eigenvalue weighted by Gasteiger charge is -2.19. The molecule has 1 aliphatic rings. The van der Waals surface area contributed by atoms with Crippen LogP contribution in [-0.2, 0) is 9.53 Å². The Morgan fingerprint density at radius 2 is 2.00 bits per heavy atom. The maximum atomic E-state index is 12.4. The number of amides is 1. The van der Waals surface area contributed by atoms with Gasteiger partial charge >= 0.3 is 6.09 Å². The highest BCUT2D eigenvalue weighted by atomic mass is 79.9. The van der Waals surface area contributed by atoms with Crippen LogP contribution in [0.15, 0.2) is 28.9 Å². The van der Waals surface area contributed by atoms with Crippen LogP contribution in [0.5, 0.6) is 0 Å². The van der Waals surface area contributed by atoms with Gasteiger partial charge in [-0.15, -0.1) is 0 Å². The van der Waals surface area contributed by atoms with E-state index in [1.807, 2.05) is 39.0 Å². The fourth-order valence-electron chi connectivity index (χ4n) is 2.34. The highest BCUT2D eigenvalue weighted by molar-refractivity contribution is 9.10. The van der Waals surface area contributed by atoms with Gasteiger partial charge in [0.15, 0.2) is 0 Å². The van der Waals surface area contributed by atoms with Crippen molar-refractivity contribution in [3.05, 3.63) is 28.9 Å². The molecular formula is C17H19BrN2O3. The van der Waals surface area contributed by atoms with E-state index in [0.717, 1.165) is 22.7 Å². The van der Waals surface area contributed by atoms with E-state index in [0.29, 0.717) is 11.2 Å².